The van der Waals surface area contributed by atoms with E-state index in [1.54, 1.807) is 0 Å². The largest absolute Gasteiger partial charge is 0.390 e. The number of β-amino-alcohol motifs (C(OH)–C–C–N with tert-alkyl or cyclic N) is 1. The molecule has 2 unspecified atom stereocenters. The van der Waals surface area contributed by atoms with Gasteiger partial charge in [0, 0.05) is 95.1 Å². The second kappa shape index (κ2) is 12.0. The van der Waals surface area contributed by atoms with Gasteiger partial charge < -0.3 is 14.9 Å². The van der Waals surface area contributed by atoms with Gasteiger partial charge in [0.25, 0.3) is 0 Å². The molecule has 0 saturated carbocycles. The first kappa shape index (κ1) is 29.3. The third-order valence-electron chi connectivity index (χ3n) is 9.47. The average molecular weight is 585 g/mol. The van der Waals surface area contributed by atoms with Gasteiger partial charge in [-0.1, -0.05) is 20.8 Å². The summed E-state index contributed by atoms with van der Waals surface area (Å²) in [7, 11) is 0. The number of rotatable bonds is 10. The molecule has 0 bridgehead atoms. The van der Waals surface area contributed by atoms with Crippen LogP contribution >= 0.6 is 0 Å². The Labute approximate surface area is 247 Å². The van der Waals surface area contributed by atoms with Crippen molar-refractivity contribution in [2.24, 2.45) is 0 Å². The molecule has 42 heavy (non-hydrogen) atoms. The van der Waals surface area contributed by atoms with Crippen molar-refractivity contribution < 1.29 is 19.1 Å². The number of hydrogen-bond acceptors (Lipinski definition) is 7. The molecule has 230 valence electrons. The lowest BCUT2D eigenvalue weighted by Crippen LogP contribution is -2.57. The molecule has 2 atom stereocenters. The molecule has 2 aromatic heterocycles. The quantitative estimate of drug-likeness (QED) is 0.442. The van der Waals surface area contributed by atoms with Gasteiger partial charge in [0.05, 0.1) is 17.5 Å². The summed E-state index contributed by atoms with van der Waals surface area (Å²) < 4.78 is 17.7. The number of nitrogens with zero attached hydrogens (tertiary/aromatic N) is 8. The van der Waals surface area contributed by atoms with Crippen LogP contribution in [0.1, 0.15) is 61.8 Å². The molecular weight excluding hydrogens is 539 g/mol. The number of likely N-dealkylation sites (tertiary alicyclic amines) is 2. The number of aromatic nitrogens is 4. The van der Waals surface area contributed by atoms with Gasteiger partial charge >= 0.3 is 0 Å². The van der Waals surface area contributed by atoms with E-state index in [0.717, 1.165) is 48.6 Å². The summed E-state index contributed by atoms with van der Waals surface area (Å²) in [4.78, 5) is 34.4. The van der Waals surface area contributed by atoms with Crippen molar-refractivity contribution in [1.82, 2.24) is 39.2 Å². The first-order valence-electron chi connectivity index (χ1n) is 15.6. The lowest BCUT2D eigenvalue weighted by atomic mass is 9.94. The Hall–Kier alpha value is -2.83. The fourth-order valence-electron chi connectivity index (χ4n) is 6.65. The van der Waals surface area contributed by atoms with Gasteiger partial charge in [-0.05, 0) is 24.5 Å². The molecular formula is C30H45FN8O3. The van der Waals surface area contributed by atoms with Crippen molar-refractivity contribution in [3.8, 4) is 0 Å². The summed E-state index contributed by atoms with van der Waals surface area (Å²) in [5, 5.41) is 19.0. The predicted molar refractivity (Wildman–Crippen MR) is 155 cm³/mol. The van der Waals surface area contributed by atoms with Gasteiger partial charge in [0.15, 0.2) is 0 Å². The maximum absolute atomic E-state index is 14.0. The van der Waals surface area contributed by atoms with E-state index in [1.165, 1.54) is 0 Å². The molecule has 6 rings (SSSR count). The number of carbonyl (C=O) groups is 2. The third-order valence-corrected chi connectivity index (χ3v) is 9.47. The van der Waals surface area contributed by atoms with Crippen LogP contribution in [0.15, 0.2) is 12.1 Å². The van der Waals surface area contributed by atoms with Crippen LogP contribution < -0.4 is 0 Å². The summed E-state index contributed by atoms with van der Waals surface area (Å²) >= 11 is 0. The Kier molecular flexibility index (Phi) is 8.39. The average Bonchev–Trinajstić information content (AvgIpc) is 3.43. The number of alkyl halides is 1. The van der Waals surface area contributed by atoms with Gasteiger partial charge in [-0.25, -0.2) is 4.39 Å². The van der Waals surface area contributed by atoms with Gasteiger partial charge in [-0.2, -0.15) is 10.2 Å². The molecule has 4 aliphatic heterocycles. The highest BCUT2D eigenvalue weighted by Gasteiger charge is 2.36. The number of aliphatic hydroxyl groups excluding tert-OH is 1. The molecule has 2 fully saturated rings. The van der Waals surface area contributed by atoms with Crippen LogP contribution in [0, 0.1) is 0 Å². The van der Waals surface area contributed by atoms with Crippen LogP contribution in [0.4, 0.5) is 4.39 Å². The van der Waals surface area contributed by atoms with E-state index in [9.17, 15) is 19.1 Å². The maximum atomic E-state index is 14.0. The fourth-order valence-corrected chi connectivity index (χ4v) is 6.65. The second-order valence-corrected chi connectivity index (χ2v) is 13.1. The SMILES string of the molecule is CC(C)c1cc2n(n1)CC(=O)N(CC(CC(C)c1cc3n(n1)CC(=O)N(CCN1CC(O)C1)CC3)N1CC(F)C1)CC2. The van der Waals surface area contributed by atoms with E-state index in [1.807, 2.05) is 19.2 Å². The highest BCUT2D eigenvalue weighted by atomic mass is 19.1. The first-order chi connectivity index (χ1) is 20.1. The highest BCUT2D eigenvalue weighted by molar-refractivity contribution is 5.77. The Morgan fingerprint density at radius 2 is 1.48 bits per heavy atom. The highest BCUT2D eigenvalue weighted by Crippen LogP contribution is 2.28. The van der Waals surface area contributed by atoms with E-state index >= 15 is 0 Å². The minimum atomic E-state index is -0.814. The molecule has 0 aromatic carbocycles. The number of hydrogen-bond donors (Lipinski definition) is 1. The number of halogens is 1. The van der Waals surface area contributed by atoms with Crippen LogP contribution in [0.2, 0.25) is 0 Å². The van der Waals surface area contributed by atoms with Crippen LogP contribution in [0.25, 0.3) is 0 Å². The van der Waals surface area contributed by atoms with Crippen LogP contribution in [-0.4, -0.2) is 133 Å². The molecule has 2 aromatic rings. The van der Waals surface area contributed by atoms with Crippen molar-refractivity contribution in [2.75, 3.05) is 58.9 Å². The maximum Gasteiger partial charge on any atom is 0.244 e. The zero-order valence-corrected chi connectivity index (χ0v) is 25.2. The molecule has 2 saturated heterocycles. The van der Waals surface area contributed by atoms with Gasteiger partial charge in [-0.15, -0.1) is 0 Å². The van der Waals surface area contributed by atoms with Crippen molar-refractivity contribution >= 4 is 11.8 Å². The molecule has 0 spiro atoms. The first-order valence-corrected chi connectivity index (χ1v) is 15.6. The minimum Gasteiger partial charge on any atom is -0.390 e. The van der Waals surface area contributed by atoms with Gasteiger partial charge in [0.2, 0.25) is 11.8 Å². The molecule has 12 heteroatoms. The van der Waals surface area contributed by atoms with Crippen molar-refractivity contribution in [1.29, 1.82) is 0 Å². The Morgan fingerprint density at radius 1 is 0.881 bits per heavy atom. The number of carbonyl (C=O) groups excluding carboxylic acids is 2. The van der Waals surface area contributed by atoms with Crippen molar-refractivity contribution in [3.05, 3.63) is 34.9 Å². The number of amides is 2. The summed E-state index contributed by atoms with van der Waals surface area (Å²) in [6, 6.07) is 4.28. The lowest BCUT2D eigenvalue weighted by molar-refractivity contribution is -0.133. The number of aliphatic hydroxyl groups is 1. The summed E-state index contributed by atoms with van der Waals surface area (Å²) in [5.41, 5.74) is 4.13. The standard InChI is InChI=1S/C30H45FN8O3/c1-20(2)27-11-23-5-7-36(30(42)19-38(23)32-27)15-25(37-13-22(31)14-37)10-21(3)28-12-24-4-6-35(29(41)18-39(24)33-28)9-8-34-16-26(40)17-34/h11-12,20-22,25-26,40H,4-10,13-19H2,1-3H3. The zero-order valence-electron chi connectivity index (χ0n) is 25.2. The summed E-state index contributed by atoms with van der Waals surface area (Å²) in [6.45, 7) is 12.3. The molecule has 1 N–H and O–H groups in total. The van der Waals surface area contributed by atoms with E-state index in [2.05, 4.69) is 47.8 Å². The van der Waals surface area contributed by atoms with Gasteiger partial charge in [0.1, 0.15) is 19.3 Å². The molecule has 0 aliphatic carbocycles. The molecule has 11 nitrogen and oxygen atoms in total. The van der Waals surface area contributed by atoms with E-state index in [-0.39, 0.29) is 43.0 Å². The summed E-state index contributed by atoms with van der Waals surface area (Å²) in [5.74, 6) is 0.555. The van der Waals surface area contributed by atoms with Crippen LogP contribution in [0.3, 0.4) is 0 Å². The summed E-state index contributed by atoms with van der Waals surface area (Å²) in [6.07, 6.45) is 1.23. The van der Waals surface area contributed by atoms with Gasteiger partial charge in [-0.3, -0.25) is 28.8 Å². The Morgan fingerprint density at radius 3 is 2.10 bits per heavy atom. The second-order valence-electron chi connectivity index (χ2n) is 13.1. The predicted octanol–water partition coefficient (Wildman–Crippen LogP) is 0.865. The van der Waals surface area contributed by atoms with E-state index in [0.29, 0.717) is 58.3 Å². The normalized spacial score (nSPS) is 22.4. The Balaban J connectivity index is 1.08. The third kappa shape index (κ3) is 6.26. The minimum absolute atomic E-state index is 0.0336. The van der Waals surface area contributed by atoms with Crippen molar-refractivity contribution in [2.45, 2.75) is 83.3 Å². The lowest BCUT2D eigenvalue weighted by Gasteiger charge is -2.43. The molecule has 0 radical (unpaired) electrons. The van der Waals surface area contributed by atoms with Crippen LogP contribution in [-0.2, 0) is 35.5 Å². The smallest absolute Gasteiger partial charge is 0.244 e. The Bertz CT molecular complexity index is 1280. The van der Waals surface area contributed by atoms with E-state index in [4.69, 9.17) is 5.10 Å². The van der Waals surface area contributed by atoms with Crippen molar-refractivity contribution in [3.63, 3.8) is 0 Å². The molecule has 4 aliphatic rings. The monoisotopic (exact) mass is 584 g/mol. The fraction of sp³-hybridized carbons (Fsp3) is 0.733. The topological polar surface area (TPSA) is 103 Å². The molecule has 6 heterocycles. The van der Waals surface area contributed by atoms with E-state index < -0.39 is 6.17 Å². The zero-order chi connectivity index (χ0) is 29.5. The van der Waals surface area contributed by atoms with Crippen LogP contribution in [0.5, 0.6) is 0 Å². The number of fused-ring (bicyclic) bond motifs is 2. The molecule has 2 amide bonds.